The molecule has 204 valence electrons. The van der Waals surface area contributed by atoms with E-state index in [1.807, 2.05) is 6.92 Å². The average Bonchev–Trinajstić information content (AvgIpc) is 2.79. The summed E-state index contributed by atoms with van der Waals surface area (Å²) in [4.78, 5) is 24.8. The van der Waals surface area contributed by atoms with Gasteiger partial charge in [0, 0.05) is 6.92 Å². The molecule has 0 aliphatic heterocycles. The number of hydrogen-bond donors (Lipinski definition) is 1. The molecule has 5 saturated carbocycles. The lowest BCUT2D eigenvalue weighted by Gasteiger charge is -2.73. The van der Waals surface area contributed by atoms with Crippen LogP contribution in [0.15, 0.2) is 0 Å². The summed E-state index contributed by atoms with van der Waals surface area (Å²) in [5.74, 6) is 2.62. The maximum Gasteiger partial charge on any atom is 0.313 e. The molecule has 0 aromatic carbocycles. The fourth-order valence-electron chi connectivity index (χ4n) is 12.0. The first-order valence-corrected chi connectivity index (χ1v) is 15.1. The number of carbonyl (C=O) groups excluding carboxylic acids is 1. The number of carboxylic acid groups (broad SMARTS) is 1. The third-order valence-electron chi connectivity index (χ3n) is 14.4. The Morgan fingerprint density at radius 1 is 0.778 bits per heavy atom. The highest BCUT2D eigenvalue weighted by atomic mass is 16.5. The summed E-state index contributed by atoms with van der Waals surface area (Å²) in [5.41, 5.74) is -0.0140. The van der Waals surface area contributed by atoms with Gasteiger partial charge in [-0.05, 0) is 128 Å². The van der Waals surface area contributed by atoms with E-state index >= 15 is 0 Å². The molecule has 5 aliphatic rings. The summed E-state index contributed by atoms with van der Waals surface area (Å²) in [5, 5.41) is 10.6. The fourth-order valence-corrected chi connectivity index (χ4v) is 12.0. The number of ether oxygens (including phenoxy) is 1. The van der Waals surface area contributed by atoms with E-state index in [-0.39, 0.29) is 22.7 Å². The van der Waals surface area contributed by atoms with E-state index in [4.69, 9.17) is 4.74 Å². The largest absolute Gasteiger partial charge is 0.481 e. The van der Waals surface area contributed by atoms with Crippen LogP contribution in [0, 0.1) is 62.6 Å². The Hall–Kier alpha value is -1.06. The minimum atomic E-state index is -1.02. The monoisotopic (exact) mass is 500 g/mol. The molecule has 0 amide bonds. The minimum absolute atomic E-state index is 0.0308. The summed E-state index contributed by atoms with van der Waals surface area (Å²) in [7, 11) is 0. The predicted octanol–water partition coefficient (Wildman–Crippen LogP) is 7.74. The molecule has 0 bridgehead atoms. The second-order valence-corrected chi connectivity index (χ2v) is 15.4. The summed E-state index contributed by atoms with van der Waals surface area (Å²) < 4.78 is 5.70. The van der Waals surface area contributed by atoms with Gasteiger partial charge < -0.3 is 9.84 Å². The van der Waals surface area contributed by atoms with Crippen molar-refractivity contribution in [2.45, 2.75) is 126 Å². The number of fused-ring (bicyclic) bond motifs is 7. The normalized spacial score (nSPS) is 56.4. The van der Waals surface area contributed by atoms with Crippen LogP contribution >= 0.6 is 0 Å². The van der Waals surface area contributed by atoms with Crippen LogP contribution in [0.25, 0.3) is 0 Å². The number of rotatable bonds is 2. The lowest BCUT2D eigenvalue weighted by Crippen LogP contribution is -2.68. The third kappa shape index (κ3) is 3.23. The van der Waals surface area contributed by atoms with Crippen LogP contribution in [-0.4, -0.2) is 23.1 Å². The Labute approximate surface area is 219 Å². The molecule has 1 N–H and O–H groups in total. The summed E-state index contributed by atoms with van der Waals surface area (Å²) >= 11 is 0. The molecule has 4 heteroatoms. The standard InChI is InChI=1S/C32H52O4/c1-19-11-14-28(4)17-18-30(6)22(26(28)20(19)2)9-10-23-29(5)15-13-25(36-21(3)33)32(8,27(34)35)24(29)12-16-31(23,30)7/h19-20,22-26H,9-18H2,1-8H3,(H,34,35)/t19-,20+,22?,23?,24?,25-,26?,28-,29-,30-,31-,32-/m1/s1. The molecular formula is C32H52O4. The maximum atomic E-state index is 12.9. The minimum Gasteiger partial charge on any atom is -0.481 e. The van der Waals surface area contributed by atoms with E-state index in [1.165, 1.54) is 45.4 Å². The zero-order valence-corrected chi connectivity index (χ0v) is 24.3. The number of carboxylic acids is 1. The Bertz CT molecular complexity index is 929. The van der Waals surface area contributed by atoms with Gasteiger partial charge in [-0.25, -0.2) is 0 Å². The first-order valence-electron chi connectivity index (χ1n) is 15.1. The number of aliphatic carboxylic acids is 1. The van der Waals surface area contributed by atoms with Crippen molar-refractivity contribution in [1.29, 1.82) is 0 Å². The van der Waals surface area contributed by atoms with Crippen LogP contribution in [-0.2, 0) is 14.3 Å². The summed E-state index contributed by atoms with van der Waals surface area (Å²) in [6.45, 7) is 18.6. The van der Waals surface area contributed by atoms with Gasteiger partial charge in [0.25, 0.3) is 0 Å². The lowest BCUT2D eigenvalue weighted by atomic mass is 9.31. The first-order chi connectivity index (χ1) is 16.6. The van der Waals surface area contributed by atoms with Crippen LogP contribution in [0.5, 0.6) is 0 Å². The van der Waals surface area contributed by atoms with Crippen LogP contribution in [0.2, 0.25) is 0 Å². The molecule has 12 atom stereocenters. The van der Waals surface area contributed by atoms with Gasteiger partial charge in [-0.1, -0.05) is 41.5 Å². The van der Waals surface area contributed by atoms with Gasteiger partial charge in [0.2, 0.25) is 0 Å². The Kier molecular flexibility index (Phi) is 6.06. The number of esters is 1. The van der Waals surface area contributed by atoms with Gasteiger partial charge in [-0.2, -0.15) is 0 Å². The molecule has 5 rings (SSSR count). The smallest absolute Gasteiger partial charge is 0.313 e. The zero-order chi connectivity index (χ0) is 26.5. The molecule has 0 aromatic rings. The first kappa shape index (κ1) is 26.5. The highest BCUT2D eigenvalue weighted by Gasteiger charge is 2.71. The molecule has 0 radical (unpaired) electrons. The van der Waals surface area contributed by atoms with E-state index in [0.717, 1.165) is 42.9 Å². The van der Waals surface area contributed by atoms with Crippen molar-refractivity contribution < 1.29 is 19.4 Å². The summed E-state index contributed by atoms with van der Waals surface area (Å²) in [6.07, 6.45) is 11.1. The molecule has 5 fully saturated rings. The van der Waals surface area contributed by atoms with Crippen molar-refractivity contribution in [1.82, 2.24) is 0 Å². The zero-order valence-electron chi connectivity index (χ0n) is 24.3. The van der Waals surface area contributed by atoms with Gasteiger partial charge in [0.15, 0.2) is 0 Å². The third-order valence-corrected chi connectivity index (χ3v) is 14.4. The maximum absolute atomic E-state index is 12.9. The second-order valence-electron chi connectivity index (χ2n) is 15.4. The van der Waals surface area contributed by atoms with Crippen molar-refractivity contribution >= 4 is 11.9 Å². The van der Waals surface area contributed by atoms with Gasteiger partial charge in [0.05, 0.1) is 0 Å². The van der Waals surface area contributed by atoms with Crippen LogP contribution < -0.4 is 0 Å². The lowest BCUT2D eigenvalue weighted by molar-refractivity contribution is -0.260. The second kappa shape index (κ2) is 8.22. The quantitative estimate of drug-likeness (QED) is 0.394. The van der Waals surface area contributed by atoms with Crippen molar-refractivity contribution in [3.63, 3.8) is 0 Å². The molecule has 0 spiro atoms. The highest BCUT2D eigenvalue weighted by molar-refractivity contribution is 5.77. The van der Waals surface area contributed by atoms with Gasteiger partial charge in [-0.3, -0.25) is 9.59 Å². The van der Waals surface area contributed by atoms with E-state index in [9.17, 15) is 14.7 Å². The van der Waals surface area contributed by atoms with Crippen LogP contribution in [0.4, 0.5) is 0 Å². The van der Waals surface area contributed by atoms with Crippen molar-refractivity contribution in [3.8, 4) is 0 Å². The van der Waals surface area contributed by atoms with E-state index in [1.54, 1.807) is 0 Å². The molecule has 0 heterocycles. The average molecular weight is 501 g/mol. The van der Waals surface area contributed by atoms with Gasteiger partial charge in [0.1, 0.15) is 11.5 Å². The number of carbonyl (C=O) groups is 2. The van der Waals surface area contributed by atoms with Crippen molar-refractivity contribution in [2.24, 2.45) is 62.6 Å². The van der Waals surface area contributed by atoms with Gasteiger partial charge in [-0.15, -0.1) is 0 Å². The molecular weight excluding hydrogens is 448 g/mol. The Morgan fingerprint density at radius 2 is 1.47 bits per heavy atom. The molecule has 0 aromatic heterocycles. The fraction of sp³-hybridized carbons (Fsp3) is 0.938. The van der Waals surface area contributed by atoms with Gasteiger partial charge >= 0.3 is 11.9 Å². The number of hydrogen-bond acceptors (Lipinski definition) is 3. The molecule has 36 heavy (non-hydrogen) atoms. The van der Waals surface area contributed by atoms with Crippen LogP contribution in [0.3, 0.4) is 0 Å². The molecule has 0 saturated heterocycles. The van der Waals surface area contributed by atoms with E-state index < -0.39 is 17.5 Å². The molecule has 4 nitrogen and oxygen atoms in total. The van der Waals surface area contributed by atoms with Crippen LogP contribution in [0.1, 0.15) is 120 Å². The van der Waals surface area contributed by atoms with Crippen molar-refractivity contribution in [3.05, 3.63) is 0 Å². The Morgan fingerprint density at radius 3 is 2.11 bits per heavy atom. The SMILES string of the molecule is CC(=O)O[C@@H]1CC[C@@]2(C)C(CC[C@]3(C)C2CCC2C4[C@@H](C)[C@H](C)CC[C@]4(C)CC[C@]23C)[C@@]1(C)C(=O)O. The molecule has 5 aliphatic carbocycles. The summed E-state index contributed by atoms with van der Waals surface area (Å²) in [6, 6.07) is 0. The topological polar surface area (TPSA) is 63.6 Å². The molecule has 4 unspecified atom stereocenters. The van der Waals surface area contributed by atoms with E-state index in [0.29, 0.717) is 23.2 Å². The predicted molar refractivity (Wildman–Crippen MR) is 142 cm³/mol. The van der Waals surface area contributed by atoms with Crippen molar-refractivity contribution in [2.75, 3.05) is 0 Å². The van der Waals surface area contributed by atoms with E-state index in [2.05, 4.69) is 41.5 Å². The Balaban J connectivity index is 1.53. The highest BCUT2D eigenvalue weighted by Crippen LogP contribution is 2.77.